The summed E-state index contributed by atoms with van der Waals surface area (Å²) in [5.74, 6) is 0.815. The molecule has 2 amide bonds. The van der Waals surface area contributed by atoms with Gasteiger partial charge in [0.15, 0.2) is 18.1 Å². The zero-order valence-corrected chi connectivity index (χ0v) is 15.4. The van der Waals surface area contributed by atoms with Gasteiger partial charge in [-0.3, -0.25) is 9.59 Å². The SMILES string of the molecule is COc1cc(C=CC(=O)NC(C)CCC(C)C)ccc1OCC(N)=O. The second-order valence-electron chi connectivity index (χ2n) is 6.38. The molecule has 6 nitrogen and oxygen atoms in total. The van der Waals surface area contributed by atoms with E-state index in [-0.39, 0.29) is 18.6 Å². The number of carbonyl (C=O) groups excluding carboxylic acids is 2. The van der Waals surface area contributed by atoms with Crippen molar-refractivity contribution in [2.45, 2.75) is 39.7 Å². The molecule has 0 fully saturated rings. The first-order chi connectivity index (χ1) is 11.8. The number of methoxy groups -OCH3 is 1. The van der Waals surface area contributed by atoms with Gasteiger partial charge >= 0.3 is 0 Å². The number of amides is 2. The largest absolute Gasteiger partial charge is 0.493 e. The van der Waals surface area contributed by atoms with E-state index >= 15 is 0 Å². The Morgan fingerprint density at radius 2 is 1.92 bits per heavy atom. The zero-order valence-electron chi connectivity index (χ0n) is 15.4. The molecule has 6 heteroatoms. The van der Waals surface area contributed by atoms with Gasteiger partial charge in [-0.1, -0.05) is 19.9 Å². The van der Waals surface area contributed by atoms with Crippen LogP contribution in [0.4, 0.5) is 0 Å². The maximum absolute atomic E-state index is 12.0. The van der Waals surface area contributed by atoms with Gasteiger partial charge in [0.25, 0.3) is 5.91 Å². The summed E-state index contributed by atoms with van der Waals surface area (Å²) in [5, 5.41) is 2.95. The molecule has 1 atom stereocenters. The second kappa shape index (κ2) is 10.4. The molecule has 0 aliphatic carbocycles. The molecule has 0 aromatic heterocycles. The minimum atomic E-state index is -0.561. The fraction of sp³-hybridized carbons (Fsp3) is 0.474. The van der Waals surface area contributed by atoms with E-state index in [2.05, 4.69) is 19.2 Å². The highest BCUT2D eigenvalue weighted by atomic mass is 16.5. The number of ether oxygens (including phenoxy) is 2. The maximum Gasteiger partial charge on any atom is 0.255 e. The van der Waals surface area contributed by atoms with Crippen LogP contribution < -0.4 is 20.5 Å². The number of hydrogen-bond acceptors (Lipinski definition) is 4. The second-order valence-corrected chi connectivity index (χ2v) is 6.38. The Kier molecular flexibility index (Phi) is 8.53. The number of nitrogens with two attached hydrogens (primary N) is 1. The van der Waals surface area contributed by atoms with Crippen LogP contribution in [0.2, 0.25) is 0 Å². The molecule has 0 saturated heterocycles. The van der Waals surface area contributed by atoms with Crippen LogP contribution in [0.15, 0.2) is 24.3 Å². The van der Waals surface area contributed by atoms with E-state index in [4.69, 9.17) is 15.2 Å². The first kappa shape index (κ1) is 20.5. The van der Waals surface area contributed by atoms with E-state index in [1.54, 1.807) is 24.3 Å². The predicted octanol–water partition coefficient (Wildman–Crippen LogP) is 2.51. The lowest BCUT2D eigenvalue weighted by molar-refractivity contribution is -0.120. The van der Waals surface area contributed by atoms with Gasteiger partial charge in [0, 0.05) is 12.1 Å². The molecule has 0 spiro atoms. The van der Waals surface area contributed by atoms with E-state index < -0.39 is 5.91 Å². The minimum absolute atomic E-state index is 0.135. The van der Waals surface area contributed by atoms with E-state index in [9.17, 15) is 9.59 Å². The van der Waals surface area contributed by atoms with Crippen molar-refractivity contribution in [3.05, 3.63) is 29.8 Å². The van der Waals surface area contributed by atoms with Crippen molar-refractivity contribution in [1.29, 1.82) is 0 Å². The molecular formula is C19H28N2O4. The molecular weight excluding hydrogens is 320 g/mol. The van der Waals surface area contributed by atoms with Crippen molar-refractivity contribution in [1.82, 2.24) is 5.32 Å². The van der Waals surface area contributed by atoms with Gasteiger partial charge in [-0.15, -0.1) is 0 Å². The topological polar surface area (TPSA) is 90.7 Å². The molecule has 1 aromatic rings. The third-order valence-electron chi connectivity index (χ3n) is 3.55. The molecule has 138 valence electrons. The summed E-state index contributed by atoms with van der Waals surface area (Å²) < 4.78 is 10.5. The van der Waals surface area contributed by atoms with Crippen molar-refractivity contribution >= 4 is 17.9 Å². The van der Waals surface area contributed by atoms with Gasteiger partial charge in [0.2, 0.25) is 5.91 Å². The molecule has 1 unspecified atom stereocenters. The molecule has 0 saturated carbocycles. The third kappa shape index (κ3) is 8.24. The maximum atomic E-state index is 12.0. The fourth-order valence-corrected chi connectivity index (χ4v) is 2.17. The zero-order chi connectivity index (χ0) is 18.8. The van der Waals surface area contributed by atoms with Crippen LogP contribution in [0, 0.1) is 5.92 Å². The average molecular weight is 348 g/mol. The quantitative estimate of drug-likeness (QED) is 0.636. The van der Waals surface area contributed by atoms with Crippen molar-refractivity contribution in [2.75, 3.05) is 13.7 Å². The summed E-state index contributed by atoms with van der Waals surface area (Å²) in [6.45, 7) is 6.11. The molecule has 25 heavy (non-hydrogen) atoms. The van der Waals surface area contributed by atoms with E-state index in [0.717, 1.165) is 18.4 Å². The summed E-state index contributed by atoms with van der Waals surface area (Å²) in [5.41, 5.74) is 5.85. The van der Waals surface area contributed by atoms with Crippen LogP contribution in [-0.2, 0) is 9.59 Å². The molecule has 1 rings (SSSR count). The smallest absolute Gasteiger partial charge is 0.255 e. The molecule has 0 radical (unpaired) electrons. The molecule has 0 heterocycles. The lowest BCUT2D eigenvalue weighted by atomic mass is 10.0. The Labute approximate surface area is 149 Å². The van der Waals surface area contributed by atoms with Gasteiger partial charge in [0.05, 0.1) is 7.11 Å². The van der Waals surface area contributed by atoms with Gasteiger partial charge in [-0.05, 0) is 49.5 Å². The summed E-state index contributed by atoms with van der Waals surface area (Å²) in [6, 6.07) is 5.30. The minimum Gasteiger partial charge on any atom is -0.493 e. The molecule has 0 aliphatic rings. The van der Waals surface area contributed by atoms with Crippen molar-refractivity contribution in [2.24, 2.45) is 11.7 Å². The van der Waals surface area contributed by atoms with Crippen molar-refractivity contribution in [3.63, 3.8) is 0 Å². The van der Waals surface area contributed by atoms with Crippen LogP contribution >= 0.6 is 0 Å². The van der Waals surface area contributed by atoms with Crippen LogP contribution in [0.3, 0.4) is 0 Å². The van der Waals surface area contributed by atoms with E-state index in [1.807, 2.05) is 6.92 Å². The Balaban J connectivity index is 2.64. The lowest BCUT2D eigenvalue weighted by Gasteiger charge is -2.13. The lowest BCUT2D eigenvalue weighted by Crippen LogP contribution is -2.31. The standard InChI is InChI=1S/C19H28N2O4/c1-13(2)5-6-14(3)21-19(23)10-8-15-7-9-16(17(11-15)24-4)25-12-18(20)22/h7-11,13-14H,5-6,12H2,1-4H3,(H2,20,22)(H,21,23). The summed E-state index contributed by atoms with van der Waals surface area (Å²) in [4.78, 5) is 22.8. The number of nitrogens with one attached hydrogen (secondary N) is 1. The van der Waals surface area contributed by atoms with Gasteiger partial charge < -0.3 is 20.5 Å². The van der Waals surface area contributed by atoms with Crippen LogP contribution in [0.5, 0.6) is 11.5 Å². The fourth-order valence-electron chi connectivity index (χ4n) is 2.17. The number of primary amides is 1. The Morgan fingerprint density at radius 3 is 2.52 bits per heavy atom. The highest BCUT2D eigenvalue weighted by Gasteiger charge is 2.08. The number of benzene rings is 1. The first-order valence-corrected chi connectivity index (χ1v) is 8.39. The first-order valence-electron chi connectivity index (χ1n) is 8.39. The van der Waals surface area contributed by atoms with E-state index in [0.29, 0.717) is 17.4 Å². The summed E-state index contributed by atoms with van der Waals surface area (Å²) in [6.07, 6.45) is 5.22. The molecule has 0 aliphatic heterocycles. The highest BCUT2D eigenvalue weighted by Crippen LogP contribution is 2.28. The number of rotatable bonds is 10. The normalized spacial score (nSPS) is 12.2. The predicted molar refractivity (Wildman–Crippen MR) is 98.4 cm³/mol. The highest BCUT2D eigenvalue weighted by molar-refractivity contribution is 5.92. The Bertz CT molecular complexity index is 611. The average Bonchev–Trinajstić information content (AvgIpc) is 2.56. The van der Waals surface area contributed by atoms with E-state index in [1.165, 1.54) is 13.2 Å². The third-order valence-corrected chi connectivity index (χ3v) is 3.55. The van der Waals surface area contributed by atoms with Gasteiger partial charge in [0.1, 0.15) is 0 Å². The number of carbonyl (C=O) groups is 2. The molecule has 3 N–H and O–H groups in total. The molecule has 0 bridgehead atoms. The van der Waals surface area contributed by atoms with Gasteiger partial charge in [-0.25, -0.2) is 0 Å². The Hall–Kier alpha value is -2.50. The van der Waals surface area contributed by atoms with Gasteiger partial charge in [-0.2, -0.15) is 0 Å². The summed E-state index contributed by atoms with van der Waals surface area (Å²) in [7, 11) is 1.50. The van der Waals surface area contributed by atoms with Crippen LogP contribution in [-0.4, -0.2) is 31.6 Å². The Morgan fingerprint density at radius 1 is 1.20 bits per heavy atom. The monoisotopic (exact) mass is 348 g/mol. The molecule has 1 aromatic carbocycles. The summed E-state index contributed by atoms with van der Waals surface area (Å²) >= 11 is 0. The number of hydrogen-bond donors (Lipinski definition) is 2. The van der Waals surface area contributed by atoms with Crippen molar-refractivity contribution in [3.8, 4) is 11.5 Å². The van der Waals surface area contributed by atoms with Crippen LogP contribution in [0.1, 0.15) is 39.2 Å². The van der Waals surface area contributed by atoms with Crippen LogP contribution in [0.25, 0.3) is 6.08 Å². The van der Waals surface area contributed by atoms with Crippen molar-refractivity contribution < 1.29 is 19.1 Å².